The first kappa shape index (κ1) is 17.3. The molecule has 0 atom stereocenters. The molecule has 0 aliphatic rings. The highest BCUT2D eigenvalue weighted by molar-refractivity contribution is 5.92. The Morgan fingerprint density at radius 3 is 2.50 bits per heavy atom. The quantitative estimate of drug-likeness (QED) is 0.798. The summed E-state index contributed by atoms with van der Waals surface area (Å²) in [4.78, 5) is 22.4. The van der Waals surface area contributed by atoms with Gasteiger partial charge in [0.25, 0.3) is 5.91 Å². The predicted molar refractivity (Wildman–Crippen MR) is 93.2 cm³/mol. The highest BCUT2D eigenvalue weighted by Crippen LogP contribution is 2.18. The molecule has 5 nitrogen and oxygen atoms in total. The minimum absolute atomic E-state index is 0.0995. The molecule has 2 aromatic carbocycles. The Morgan fingerprint density at radius 2 is 1.83 bits per heavy atom. The maximum absolute atomic E-state index is 12.0. The number of ether oxygens (including phenoxy) is 1. The van der Waals surface area contributed by atoms with E-state index in [4.69, 9.17) is 9.84 Å². The molecule has 124 valence electrons. The molecule has 0 spiro atoms. The van der Waals surface area contributed by atoms with Gasteiger partial charge in [-0.05, 0) is 54.8 Å². The summed E-state index contributed by atoms with van der Waals surface area (Å²) in [5.74, 6) is -0.699. The van der Waals surface area contributed by atoms with Crippen LogP contribution in [-0.2, 0) is 9.59 Å². The van der Waals surface area contributed by atoms with E-state index in [0.29, 0.717) is 5.75 Å². The number of hydrogen-bond acceptors (Lipinski definition) is 3. The molecule has 1 amide bonds. The van der Waals surface area contributed by atoms with Gasteiger partial charge in [0.05, 0.1) is 0 Å². The van der Waals surface area contributed by atoms with Crippen LogP contribution < -0.4 is 10.1 Å². The van der Waals surface area contributed by atoms with Crippen LogP contribution in [0, 0.1) is 13.8 Å². The molecule has 2 N–H and O–H groups in total. The van der Waals surface area contributed by atoms with Crippen LogP contribution in [0.2, 0.25) is 0 Å². The van der Waals surface area contributed by atoms with Crippen molar-refractivity contribution in [3.8, 4) is 5.75 Å². The minimum Gasteiger partial charge on any atom is -0.484 e. The van der Waals surface area contributed by atoms with Gasteiger partial charge in [0, 0.05) is 11.8 Å². The van der Waals surface area contributed by atoms with Crippen molar-refractivity contribution < 1.29 is 19.4 Å². The summed E-state index contributed by atoms with van der Waals surface area (Å²) in [5, 5.41) is 11.4. The Bertz CT molecular complexity index is 763. The first-order valence-electron chi connectivity index (χ1n) is 7.45. The number of rotatable bonds is 6. The van der Waals surface area contributed by atoms with Crippen molar-refractivity contribution in [2.24, 2.45) is 0 Å². The lowest BCUT2D eigenvalue weighted by Crippen LogP contribution is -2.20. The summed E-state index contributed by atoms with van der Waals surface area (Å²) >= 11 is 0. The molecule has 24 heavy (non-hydrogen) atoms. The van der Waals surface area contributed by atoms with Gasteiger partial charge in [-0.2, -0.15) is 0 Å². The van der Waals surface area contributed by atoms with Crippen LogP contribution in [0.3, 0.4) is 0 Å². The number of anilines is 1. The molecule has 0 fully saturated rings. The van der Waals surface area contributed by atoms with Crippen molar-refractivity contribution in [3.63, 3.8) is 0 Å². The Balaban J connectivity index is 1.89. The molecule has 0 radical (unpaired) electrons. The lowest BCUT2D eigenvalue weighted by Gasteiger charge is -2.11. The van der Waals surface area contributed by atoms with Gasteiger partial charge in [0.2, 0.25) is 0 Å². The second-order valence-corrected chi connectivity index (χ2v) is 5.32. The Hall–Kier alpha value is -3.08. The summed E-state index contributed by atoms with van der Waals surface area (Å²) in [6.45, 7) is 3.84. The predicted octanol–water partition coefficient (Wildman–Crippen LogP) is 3.42. The maximum Gasteiger partial charge on any atom is 0.328 e. The number of hydrogen-bond donors (Lipinski definition) is 2. The highest BCUT2D eigenvalue weighted by atomic mass is 16.5. The number of aryl methyl sites for hydroxylation is 1. The third kappa shape index (κ3) is 4.98. The fourth-order valence-corrected chi connectivity index (χ4v) is 2.06. The van der Waals surface area contributed by atoms with Gasteiger partial charge in [0.15, 0.2) is 6.61 Å². The largest absolute Gasteiger partial charge is 0.484 e. The topological polar surface area (TPSA) is 75.6 Å². The molecule has 0 aliphatic heterocycles. The number of carbonyl (C=O) groups excluding carboxylic acids is 1. The van der Waals surface area contributed by atoms with Crippen LogP contribution >= 0.6 is 0 Å². The van der Waals surface area contributed by atoms with Crippen LogP contribution in [0.25, 0.3) is 6.08 Å². The van der Waals surface area contributed by atoms with Gasteiger partial charge in [0.1, 0.15) is 5.75 Å². The van der Waals surface area contributed by atoms with E-state index in [-0.39, 0.29) is 12.5 Å². The molecule has 2 rings (SSSR count). The van der Waals surface area contributed by atoms with Crippen LogP contribution in [0.4, 0.5) is 5.69 Å². The second kappa shape index (κ2) is 7.97. The van der Waals surface area contributed by atoms with Crippen LogP contribution in [0.5, 0.6) is 5.75 Å². The smallest absolute Gasteiger partial charge is 0.328 e. The third-order valence-corrected chi connectivity index (χ3v) is 3.55. The third-order valence-electron chi connectivity index (χ3n) is 3.55. The van der Waals surface area contributed by atoms with E-state index in [1.54, 1.807) is 24.3 Å². The van der Waals surface area contributed by atoms with Crippen molar-refractivity contribution in [2.75, 3.05) is 11.9 Å². The van der Waals surface area contributed by atoms with Crippen LogP contribution in [-0.4, -0.2) is 23.6 Å². The van der Waals surface area contributed by atoms with E-state index < -0.39 is 5.97 Å². The molecule has 0 heterocycles. The number of carbonyl (C=O) groups is 2. The van der Waals surface area contributed by atoms with E-state index in [1.165, 1.54) is 6.08 Å². The monoisotopic (exact) mass is 325 g/mol. The fraction of sp³-hybridized carbons (Fsp3) is 0.158. The van der Waals surface area contributed by atoms with Gasteiger partial charge in [-0.15, -0.1) is 0 Å². The molecular weight excluding hydrogens is 306 g/mol. The number of carboxylic acids is 1. The second-order valence-electron chi connectivity index (χ2n) is 5.32. The van der Waals surface area contributed by atoms with E-state index in [0.717, 1.165) is 28.5 Å². The molecular formula is C19H19NO4. The number of carboxylic acid groups (broad SMARTS) is 1. The van der Waals surface area contributed by atoms with Crippen molar-refractivity contribution >= 4 is 23.6 Å². The van der Waals surface area contributed by atoms with Gasteiger partial charge in [-0.25, -0.2) is 4.79 Å². The zero-order valence-electron chi connectivity index (χ0n) is 13.6. The molecule has 0 aliphatic carbocycles. The van der Waals surface area contributed by atoms with E-state index >= 15 is 0 Å². The minimum atomic E-state index is -1.00. The van der Waals surface area contributed by atoms with Crippen molar-refractivity contribution in [2.45, 2.75) is 13.8 Å². The van der Waals surface area contributed by atoms with Gasteiger partial charge >= 0.3 is 5.97 Å². The number of amides is 1. The Morgan fingerprint density at radius 1 is 1.12 bits per heavy atom. The maximum atomic E-state index is 12.0. The molecule has 0 aromatic heterocycles. The first-order valence-corrected chi connectivity index (χ1v) is 7.45. The lowest BCUT2D eigenvalue weighted by atomic mass is 10.1. The Labute approximate surface area is 140 Å². The molecule has 2 aromatic rings. The summed E-state index contributed by atoms with van der Waals surface area (Å²) in [5.41, 5.74) is 3.65. The average molecular weight is 325 g/mol. The van der Waals surface area contributed by atoms with Gasteiger partial charge in [-0.3, -0.25) is 4.79 Å². The normalized spacial score (nSPS) is 10.6. The highest BCUT2D eigenvalue weighted by Gasteiger charge is 2.07. The molecule has 0 unspecified atom stereocenters. The average Bonchev–Trinajstić information content (AvgIpc) is 2.56. The SMILES string of the molecule is Cc1cccc(NC(=O)COc2ccc(/C=C/C(=O)O)cc2)c1C. The van der Waals surface area contributed by atoms with Gasteiger partial charge in [-0.1, -0.05) is 24.3 Å². The molecule has 0 saturated carbocycles. The van der Waals surface area contributed by atoms with Crippen molar-refractivity contribution in [1.82, 2.24) is 0 Å². The number of benzene rings is 2. The Kier molecular flexibility index (Phi) is 5.73. The van der Waals surface area contributed by atoms with Crippen molar-refractivity contribution in [3.05, 3.63) is 65.2 Å². The van der Waals surface area contributed by atoms with E-state index in [9.17, 15) is 9.59 Å². The molecule has 0 bridgehead atoms. The summed E-state index contributed by atoms with van der Waals surface area (Å²) in [6, 6.07) is 12.5. The first-order chi connectivity index (χ1) is 11.5. The van der Waals surface area contributed by atoms with E-state index in [1.807, 2.05) is 32.0 Å². The summed E-state index contributed by atoms with van der Waals surface area (Å²) < 4.78 is 5.44. The van der Waals surface area contributed by atoms with Crippen molar-refractivity contribution in [1.29, 1.82) is 0 Å². The summed E-state index contributed by atoms with van der Waals surface area (Å²) in [7, 11) is 0. The van der Waals surface area contributed by atoms with Gasteiger partial charge < -0.3 is 15.2 Å². The zero-order valence-corrected chi connectivity index (χ0v) is 13.6. The standard InChI is InChI=1S/C19H19NO4/c1-13-4-3-5-17(14(13)2)20-18(21)12-24-16-9-6-15(7-10-16)8-11-19(22)23/h3-11H,12H2,1-2H3,(H,20,21)(H,22,23)/b11-8+. The molecule has 0 saturated heterocycles. The fourth-order valence-electron chi connectivity index (χ4n) is 2.06. The van der Waals surface area contributed by atoms with Crippen LogP contribution in [0.1, 0.15) is 16.7 Å². The van der Waals surface area contributed by atoms with Crippen LogP contribution in [0.15, 0.2) is 48.5 Å². The lowest BCUT2D eigenvalue weighted by molar-refractivity contribution is -0.131. The summed E-state index contributed by atoms with van der Waals surface area (Å²) in [6.07, 6.45) is 2.55. The zero-order chi connectivity index (χ0) is 17.5. The molecule has 5 heteroatoms. The van der Waals surface area contributed by atoms with E-state index in [2.05, 4.69) is 5.32 Å². The number of aliphatic carboxylic acids is 1. The number of nitrogens with one attached hydrogen (secondary N) is 1.